The molecule has 0 aliphatic heterocycles. The van der Waals surface area contributed by atoms with Gasteiger partial charge in [-0.3, -0.25) is 0 Å². The molecule has 1 rings (SSSR count). The van der Waals surface area contributed by atoms with Crippen LogP contribution in [0.15, 0.2) is 30.3 Å². The summed E-state index contributed by atoms with van der Waals surface area (Å²) in [4.78, 5) is 0. The van der Waals surface area contributed by atoms with E-state index in [4.69, 9.17) is 0 Å². The minimum Gasteiger partial charge on any atom is -0.388 e. The predicted octanol–water partition coefficient (Wildman–Crippen LogP) is 5.49. The summed E-state index contributed by atoms with van der Waals surface area (Å²) >= 11 is 0. The van der Waals surface area contributed by atoms with E-state index in [2.05, 4.69) is 19.2 Å². The Morgan fingerprint density at radius 1 is 0.765 bits per heavy atom. The van der Waals surface area contributed by atoms with Crippen LogP contribution in [0.25, 0.3) is 0 Å². The number of anilines is 1. The maximum Gasteiger partial charge on any atom is 0.0337 e. The smallest absolute Gasteiger partial charge is 0.0337 e. The Labute approximate surface area is 108 Å². The van der Waals surface area contributed by atoms with E-state index in [1.54, 1.807) is 0 Å². The van der Waals surface area contributed by atoms with Crippen LogP contribution in [0.1, 0.15) is 58.8 Å². The summed E-state index contributed by atoms with van der Waals surface area (Å²) in [7, 11) is 1.91. The zero-order chi connectivity index (χ0) is 12.8. The lowest BCUT2D eigenvalue weighted by atomic mass is 10.1. The minimum absolute atomic E-state index is 1.16. The maximum absolute atomic E-state index is 3.03. The van der Waals surface area contributed by atoms with Crippen LogP contribution >= 0.6 is 0 Å². The van der Waals surface area contributed by atoms with Gasteiger partial charge in [0.15, 0.2) is 0 Å². The zero-order valence-electron chi connectivity index (χ0n) is 11.8. The highest BCUT2D eigenvalue weighted by Gasteiger charge is 1.85. The van der Waals surface area contributed by atoms with Gasteiger partial charge < -0.3 is 5.32 Å². The van der Waals surface area contributed by atoms with Gasteiger partial charge in [0, 0.05) is 12.7 Å². The van der Waals surface area contributed by atoms with Gasteiger partial charge in [0.05, 0.1) is 0 Å². The number of hydrogen-bond acceptors (Lipinski definition) is 1. The largest absolute Gasteiger partial charge is 0.388 e. The van der Waals surface area contributed by atoms with Crippen LogP contribution in [0.5, 0.6) is 0 Å². The summed E-state index contributed by atoms with van der Waals surface area (Å²) < 4.78 is 0. The van der Waals surface area contributed by atoms with Crippen molar-refractivity contribution >= 4 is 5.69 Å². The first-order chi connectivity index (χ1) is 8.35. The van der Waals surface area contributed by atoms with E-state index in [0.29, 0.717) is 0 Å². The summed E-state index contributed by atoms with van der Waals surface area (Å²) in [6, 6.07) is 10.1. The van der Waals surface area contributed by atoms with Crippen molar-refractivity contribution in [2.45, 2.75) is 58.8 Å². The highest BCUT2D eigenvalue weighted by Crippen LogP contribution is 2.05. The Morgan fingerprint density at radius 3 is 1.59 bits per heavy atom. The Kier molecular flexibility index (Phi) is 12.3. The Balaban J connectivity index is 0.000000302. The molecule has 0 spiro atoms. The van der Waals surface area contributed by atoms with Crippen molar-refractivity contribution in [3.8, 4) is 0 Å². The van der Waals surface area contributed by atoms with E-state index in [-0.39, 0.29) is 0 Å². The molecule has 98 valence electrons. The van der Waals surface area contributed by atoms with Gasteiger partial charge in [-0.25, -0.2) is 0 Å². The quantitative estimate of drug-likeness (QED) is 0.617. The lowest BCUT2D eigenvalue weighted by Gasteiger charge is -1.96. The van der Waals surface area contributed by atoms with Crippen molar-refractivity contribution < 1.29 is 0 Å². The van der Waals surface area contributed by atoms with E-state index >= 15 is 0 Å². The number of hydrogen-bond donors (Lipinski definition) is 1. The first-order valence-electron chi connectivity index (χ1n) is 7.07. The van der Waals surface area contributed by atoms with Crippen LogP contribution in [0.2, 0.25) is 0 Å². The van der Waals surface area contributed by atoms with Crippen molar-refractivity contribution in [2.75, 3.05) is 12.4 Å². The highest BCUT2D eigenvalue weighted by atomic mass is 14.8. The van der Waals surface area contributed by atoms with Gasteiger partial charge in [0.1, 0.15) is 0 Å². The summed E-state index contributed by atoms with van der Waals surface area (Å²) in [5.74, 6) is 0. The molecule has 0 aliphatic rings. The number of rotatable bonds is 7. The number of benzene rings is 1. The van der Waals surface area contributed by atoms with E-state index in [0.717, 1.165) is 5.69 Å². The van der Waals surface area contributed by atoms with Crippen molar-refractivity contribution in [1.29, 1.82) is 0 Å². The summed E-state index contributed by atoms with van der Waals surface area (Å²) in [6.45, 7) is 4.53. The lowest BCUT2D eigenvalue weighted by Crippen LogP contribution is -1.84. The molecule has 0 amide bonds. The van der Waals surface area contributed by atoms with Gasteiger partial charge in [0.2, 0.25) is 0 Å². The van der Waals surface area contributed by atoms with Gasteiger partial charge in [-0.2, -0.15) is 0 Å². The molecule has 0 aromatic heterocycles. The molecule has 0 saturated carbocycles. The number of para-hydroxylation sites is 1. The first-order valence-corrected chi connectivity index (χ1v) is 7.07. The van der Waals surface area contributed by atoms with Crippen LogP contribution < -0.4 is 5.32 Å². The normalized spacial score (nSPS) is 9.35. The second-order valence-corrected chi connectivity index (χ2v) is 4.38. The molecular weight excluding hydrogens is 206 g/mol. The van der Waals surface area contributed by atoms with Crippen molar-refractivity contribution in [1.82, 2.24) is 0 Å². The Hall–Kier alpha value is -0.980. The standard InChI is InChI=1S/C9H20.C7H9N/c1-3-5-7-9-8-6-4-2;1-8-7-5-3-2-4-6-7/h3-9H2,1-2H3;2-6,8H,1H3. The van der Waals surface area contributed by atoms with Crippen molar-refractivity contribution in [2.24, 2.45) is 0 Å². The zero-order valence-corrected chi connectivity index (χ0v) is 11.8. The number of nitrogens with one attached hydrogen (secondary N) is 1. The summed E-state index contributed by atoms with van der Waals surface area (Å²) in [5.41, 5.74) is 1.16. The van der Waals surface area contributed by atoms with Gasteiger partial charge >= 0.3 is 0 Å². The molecule has 0 fully saturated rings. The van der Waals surface area contributed by atoms with E-state index in [9.17, 15) is 0 Å². The maximum atomic E-state index is 3.03. The van der Waals surface area contributed by atoms with Gasteiger partial charge in [-0.15, -0.1) is 0 Å². The molecule has 0 unspecified atom stereocenters. The lowest BCUT2D eigenvalue weighted by molar-refractivity contribution is 0.602. The molecule has 1 aromatic carbocycles. The summed E-state index contributed by atoms with van der Waals surface area (Å²) in [6.07, 6.45) is 9.97. The average Bonchev–Trinajstić information content (AvgIpc) is 2.40. The SMILES string of the molecule is CCCCCCCCC.CNc1ccccc1. The van der Waals surface area contributed by atoms with Gasteiger partial charge in [-0.05, 0) is 12.1 Å². The van der Waals surface area contributed by atoms with E-state index < -0.39 is 0 Å². The van der Waals surface area contributed by atoms with E-state index in [1.807, 2.05) is 37.4 Å². The molecule has 1 N–H and O–H groups in total. The third kappa shape index (κ3) is 11.3. The molecule has 0 atom stereocenters. The topological polar surface area (TPSA) is 12.0 Å². The molecule has 1 nitrogen and oxygen atoms in total. The molecule has 0 heterocycles. The predicted molar refractivity (Wildman–Crippen MR) is 79.7 cm³/mol. The molecule has 0 saturated heterocycles. The second-order valence-electron chi connectivity index (χ2n) is 4.38. The fourth-order valence-corrected chi connectivity index (χ4v) is 1.64. The van der Waals surface area contributed by atoms with Crippen LogP contribution in [-0.2, 0) is 0 Å². The molecule has 1 aromatic rings. The van der Waals surface area contributed by atoms with Gasteiger partial charge in [-0.1, -0.05) is 77.0 Å². The van der Waals surface area contributed by atoms with Crippen LogP contribution in [0, 0.1) is 0 Å². The van der Waals surface area contributed by atoms with Gasteiger partial charge in [0.25, 0.3) is 0 Å². The molecule has 17 heavy (non-hydrogen) atoms. The van der Waals surface area contributed by atoms with Crippen LogP contribution in [0.4, 0.5) is 5.69 Å². The summed E-state index contributed by atoms with van der Waals surface area (Å²) in [5, 5.41) is 3.03. The third-order valence-corrected chi connectivity index (χ3v) is 2.77. The second kappa shape index (κ2) is 13.1. The van der Waals surface area contributed by atoms with Crippen molar-refractivity contribution in [3.05, 3.63) is 30.3 Å². The highest BCUT2D eigenvalue weighted by molar-refractivity contribution is 5.41. The van der Waals surface area contributed by atoms with Crippen LogP contribution in [-0.4, -0.2) is 7.05 Å². The Bertz CT molecular complexity index is 225. The fraction of sp³-hybridized carbons (Fsp3) is 0.625. The van der Waals surface area contributed by atoms with E-state index in [1.165, 1.54) is 44.9 Å². The fourth-order valence-electron chi connectivity index (χ4n) is 1.64. The molecule has 0 radical (unpaired) electrons. The number of unbranched alkanes of at least 4 members (excludes halogenated alkanes) is 6. The molecule has 1 heteroatoms. The molecule has 0 aliphatic carbocycles. The van der Waals surface area contributed by atoms with Crippen molar-refractivity contribution in [3.63, 3.8) is 0 Å². The van der Waals surface area contributed by atoms with Crippen LogP contribution in [0.3, 0.4) is 0 Å². The average molecular weight is 235 g/mol. The molecular formula is C16H29N. The third-order valence-electron chi connectivity index (χ3n) is 2.77. The minimum atomic E-state index is 1.16. The molecule has 0 bridgehead atoms. The first kappa shape index (κ1) is 16.0. The monoisotopic (exact) mass is 235 g/mol. The Morgan fingerprint density at radius 2 is 1.24 bits per heavy atom.